The van der Waals surface area contributed by atoms with E-state index in [0.29, 0.717) is 56.9 Å². The van der Waals surface area contributed by atoms with Crippen molar-refractivity contribution in [2.45, 2.75) is 0 Å². The van der Waals surface area contributed by atoms with Crippen LogP contribution in [0, 0.1) is 0 Å². The molecule has 10 nitrogen and oxygen atoms in total. The molecule has 0 saturated carbocycles. The summed E-state index contributed by atoms with van der Waals surface area (Å²) < 4.78 is 0. The number of nitrogens with one attached hydrogen (secondary N) is 2. The Balaban J connectivity index is 1.51. The van der Waals surface area contributed by atoms with Gasteiger partial charge in [-0.2, -0.15) is 0 Å². The molecule has 2 N–H and O–H groups in total. The zero-order chi connectivity index (χ0) is 26.2. The van der Waals surface area contributed by atoms with Crippen LogP contribution in [-0.4, -0.2) is 49.8 Å². The Morgan fingerprint density at radius 3 is 1.15 bits per heavy atom. The molecule has 0 saturated heterocycles. The summed E-state index contributed by atoms with van der Waals surface area (Å²) in [6.45, 7) is 0. The third-order valence-electron chi connectivity index (χ3n) is 7.16. The maximum Gasteiger partial charge on any atom is 0.164 e. The van der Waals surface area contributed by atoms with Crippen molar-refractivity contribution < 1.29 is 0 Å². The van der Waals surface area contributed by atoms with E-state index in [4.69, 9.17) is 29.9 Å². The summed E-state index contributed by atoms with van der Waals surface area (Å²) in [6.07, 6.45) is 3.49. The molecule has 5 aromatic heterocycles. The Bertz CT molecular complexity index is 2030. The number of rotatable bonds is 0. The molecular formula is C30H16N10. The molecule has 186 valence electrons. The van der Waals surface area contributed by atoms with Crippen molar-refractivity contribution in [3.63, 3.8) is 0 Å². The van der Waals surface area contributed by atoms with E-state index in [2.05, 4.69) is 19.9 Å². The number of pyridine rings is 2. The van der Waals surface area contributed by atoms with Crippen LogP contribution in [0.5, 0.6) is 0 Å². The van der Waals surface area contributed by atoms with Gasteiger partial charge in [-0.05, 0) is 24.3 Å². The number of aromatic amines is 2. The van der Waals surface area contributed by atoms with E-state index in [1.54, 1.807) is 12.4 Å². The number of aromatic nitrogens is 10. The van der Waals surface area contributed by atoms with E-state index < -0.39 is 0 Å². The van der Waals surface area contributed by atoms with Gasteiger partial charge < -0.3 is 9.97 Å². The van der Waals surface area contributed by atoms with Crippen molar-refractivity contribution in [2.75, 3.05) is 0 Å². The monoisotopic (exact) mass is 516 g/mol. The molecule has 0 atom stereocenters. The van der Waals surface area contributed by atoms with Crippen molar-refractivity contribution in [1.82, 2.24) is 49.8 Å². The highest BCUT2D eigenvalue weighted by Gasteiger charge is 2.22. The lowest BCUT2D eigenvalue weighted by atomic mass is 10.1. The minimum Gasteiger partial charge on any atom is -0.322 e. The first-order valence-electron chi connectivity index (χ1n) is 12.7. The third kappa shape index (κ3) is 2.98. The minimum atomic E-state index is 0.537. The second-order valence-electron chi connectivity index (χ2n) is 9.50. The summed E-state index contributed by atoms with van der Waals surface area (Å²) in [5, 5.41) is 1.67. The van der Waals surface area contributed by atoms with Crippen molar-refractivity contribution in [3.8, 4) is 45.6 Å². The highest BCUT2D eigenvalue weighted by atomic mass is 15.1. The maximum atomic E-state index is 4.96. The molecule has 2 aliphatic heterocycles. The van der Waals surface area contributed by atoms with E-state index in [-0.39, 0.29) is 0 Å². The van der Waals surface area contributed by atoms with Gasteiger partial charge in [-0.25, -0.2) is 29.9 Å². The zero-order valence-corrected chi connectivity index (χ0v) is 20.7. The Hall–Kier alpha value is -5.90. The first kappa shape index (κ1) is 21.1. The molecule has 8 bridgehead atoms. The summed E-state index contributed by atoms with van der Waals surface area (Å²) in [5.41, 5.74) is 7.28. The molecule has 0 amide bonds. The van der Waals surface area contributed by atoms with Crippen molar-refractivity contribution in [2.24, 2.45) is 0 Å². The Kier molecular flexibility index (Phi) is 4.11. The largest absolute Gasteiger partial charge is 0.322 e. The normalized spacial score (nSPS) is 12.0. The molecule has 40 heavy (non-hydrogen) atoms. The third-order valence-corrected chi connectivity index (χ3v) is 7.16. The van der Waals surface area contributed by atoms with Crippen LogP contribution in [0.2, 0.25) is 0 Å². The number of hydrogen-bond donors (Lipinski definition) is 2. The van der Waals surface area contributed by atoms with Crippen molar-refractivity contribution in [1.29, 1.82) is 0 Å². The van der Waals surface area contributed by atoms with Gasteiger partial charge in [-0.1, -0.05) is 48.5 Å². The average Bonchev–Trinajstić information content (AvgIpc) is 3.73. The molecule has 0 unspecified atom stereocenters. The Morgan fingerprint density at radius 2 is 0.750 bits per heavy atom. The zero-order valence-electron chi connectivity index (χ0n) is 20.7. The van der Waals surface area contributed by atoms with Crippen LogP contribution in [-0.2, 0) is 0 Å². The smallest absolute Gasteiger partial charge is 0.164 e. The maximum absolute atomic E-state index is 4.96. The molecule has 0 spiro atoms. The van der Waals surface area contributed by atoms with E-state index in [1.807, 2.05) is 72.8 Å². The fourth-order valence-corrected chi connectivity index (χ4v) is 5.34. The number of hydrogen-bond acceptors (Lipinski definition) is 8. The lowest BCUT2D eigenvalue weighted by Crippen LogP contribution is -1.83. The molecule has 0 radical (unpaired) electrons. The number of nitrogens with zero attached hydrogens (tertiary/aromatic N) is 8. The molecule has 7 heterocycles. The Morgan fingerprint density at radius 1 is 0.375 bits per heavy atom. The average molecular weight is 517 g/mol. The molecule has 7 aromatic rings. The molecule has 0 fully saturated rings. The van der Waals surface area contributed by atoms with Crippen LogP contribution in [0.3, 0.4) is 0 Å². The molecule has 9 rings (SSSR count). The molecular weight excluding hydrogens is 500 g/mol. The number of fused-ring (bicyclic) bond motifs is 20. The fourth-order valence-electron chi connectivity index (χ4n) is 5.34. The van der Waals surface area contributed by atoms with Gasteiger partial charge in [0.05, 0.1) is 0 Å². The van der Waals surface area contributed by atoms with Crippen LogP contribution in [0.4, 0.5) is 0 Å². The Labute approximate surface area is 225 Å². The molecule has 2 aromatic carbocycles. The topological polar surface area (TPSA) is 135 Å². The second kappa shape index (κ2) is 7.81. The first-order chi connectivity index (χ1) is 19.8. The van der Waals surface area contributed by atoms with E-state index in [1.165, 1.54) is 0 Å². The summed E-state index contributed by atoms with van der Waals surface area (Å²) in [6, 6.07) is 23.6. The van der Waals surface area contributed by atoms with Gasteiger partial charge in [-0.3, -0.25) is 9.97 Å². The lowest BCUT2D eigenvalue weighted by Gasteiger charge is -1.96. The van der Waals surface area contributed by atoms with Crippen LogP contribution in [0.1, 0.15) is 0 Å². The standard InChI is InChI=1S/C30H16N10/c1-2-8-16-15(7-1)23-33-24(16)36-28-20-12-6-14-32-22(20)30(40-28)38-26-18-10-4-3-9-17(18)25(34-26)37-29-21-19(11-5-13-31-21)27(35-23)39-29/h1-14H,(H2,33,34,35,36,37,38,39,40). The summed E-state index contributed by atoms with van der Waals surface area (Å²) in [4.78, 5) is 45.5. The van der Waals surface area contributed by atoms with Crippen molar-refractivity contribution >= 4 is 44.4 Å². The van der Waals surface area contributed by atoms with E-state index in [0.717, 1.165) is 33.0 Å². The fraction of sp³-hybridized carbons (Fsp3) is 0. The quantitative estimate of drug-likeness (QED) is 0.264. The van der Waals surface area contributed by atoms with Crippen molar-refractivity contribution in [3.05, 3.63) is 85.2 Å². The highest BCUT2D eigenvalue weighted by molar-refractivity contribution is 6.03. The van der Waals surface area contributed by atoms with Gasteiger partial charge in [-0.15, -0.1) is 0 Å². The SMILES string of the molecule is c1ccc2c(c1)-c1nc-2nc2[nH]c(nc3nc(nc4[nH]c(n1)c1cccnc41)-c1ccccc1-3)c1ncccc21. The van der Waals surface area contributed by atoms with Crippen LogP contribution in [0.25, 0.3) is 89.9 Å². The van der Waals surface area contributed by atoms with Gasteiger partial charge in [0, 0.05) is 45.4 Å². The number of H-pyrrole nitrogens is 2. The van der Waals surface area contributed by atoms with Crippen LogP contribution >= 0.6 is 0 Å². The first-order valence-corrected chi connectivity index (χ1v) is 12.7. The minimum absolute atomic E-state index is 0.537. The predicted molar refractivity (Wildman–Crippen MR) is 152 cm³/mol. The molecule has 2 aliphatic rings. The van der Waals surface area contributed by atoms with Crippen LogP contribution < -0.4 is 0 Å². The summed E-state index contributed by atoms with van der Waals surface area (Å²) >= 11 is 0. The van der Waals surface area contributed by atoms with Gasteiger partial charge in [0.25, 0.3) is 0 Å². The molecule has 0 aliphatic carbocycles. The molecule has 10 heteroatoms. The van der Waals surface area contributed by atoms with Gasteiger partial charge in [0.1, 0.15) is 22.3 Å². The van der Waals surface area contributed by atoms with Gasteiger partial charge >= 0.3 is 0 Å². The summed E-state index contributed by atoms with van der Waals surface area (Å²) in [5.74, 6) is 2.18. The number of benzene rings is 2. The lowest BCUT2D eigenvalue weighted by molar-refractivity contribution is 1.19. The highest BCUT2D eigenvalue weighted by Crippen LogP contribution is 2.36. The van der Waals surface area contributed by atoms with E-state index >= 15 is 0 Å². The van der Waals surface area contributed by atoms with Crippen LogP contribution in [0.15, 0.2) is 85.2 Å². The predicted octanol–water partition coefficient (Wildman–Crippen LogP) is 5.66. The summed E-state index contributed by atoms with van der Waals surface area (Å²) in [7, 11) is 0. The van der Waals surface area contributed by atoms with Gasteiger partial charge in [0.15, 0.2) is 34.6 Å². The van der Waals surface area contributed by atoms with E-state index in [9.17, 15) is 0 Å². The second-order valence-corrected chi connectivity index (χ2v) is 9.50. The van der Waals surface area contributed by atoms with Gasteiger partial charge in [0.2, 0.25) is 0 Å².